The molecule has 9 heteroatoms. The zero-order valence-electron chi connectivity index (χ0n) is 11.4. The monoisotopic (exact) mass is 315 g/mol. The number of benzene rings is 1. The number of hydrogen-bond donors (Lipinski definition) is 2. The maximum Gasteiger partial charge on any atom is 0.259 e. The van der Waals surface area contributed by atoms with Crippen molar-refractivity contribution >= 4 is 33.2 Å². The van der Waals surface area contributed by atoms with E-state index in [1.807, 2.05) is 0 Å². The lowest BCUT2D eigenvalue weighted by atomic mass is 10.2. The van der Waals surface area contributed by atoms with Crippen molar-refractivity contribution in [2.75, 3.05) is 17.6 Å². The van der Waals surface area contributed by atoms with E-state index in [1.54, 1.807) is 0 Å². The van der Waals surface area contributed by atoms with Crippen molar-refractivity contribution in [1.29, 1.82) is 0 Å². The third-order valence-corrected chi connectivity index (χ3v) is 5.58. The van der Waals surface area contributed by atoms with E-state index in [1.165, 1.54) is 26.0 Å². The minimum atomic E-state index is -3.81. The van der Waals surface area contributed by atoms with Gasteiger partial charge in [0.25, 0.3) is 15.9 Å². The zero-order chi connectivity index (χ0) is 16.0. The number of carbonyl (C=O) groups is 2. The molecule has 0 radical (unpaired) electrons. The van der Waals surface area contributed by atoms with Crippen LogP contribution in [0.25, 0.3) is 0 Å². The van der Waals surface area contributed by atoms with Crippen molar-refractivity contribution in [2.45, 2.75) is 18.6 Å². The van der Waals surface area contributed by atoms with Crippen LogP contribution in [0.4, 0.5) is 15.8 Å². The van der Waals surface area contributed by atoms with E-state index in [4.69, 9.17) is 5.73 Å². The molecule has 114 valence electrons. The van der Waals surface area contributed by atoms with Crippen molar-refractivity contribution in [3.63, 3.8) is 0 Å². The first-order valence-electron chi connectivity index (χ1n) is 5.99. The lowest BCUT2D eigenvalue weighted by Gasteiger charge is -2.42. The average Bonchev–Trinajstić information content (AvgIpc) is 2.39. The molecule has 1 aliphatic rings. The van der Waals surface area contributed by atoms with Gasteiger partial charge in [0, 0.05) is 5.69 Å². The van der Waals surface area contributed by atoms with Gasteiger partial charge in [0.1, 0.15) is 12.4 Å². The number of hydrogen-bond acceptors (Lipinski definition) is 5. The third kappa shape index (κ3) is 2.33. The fraction of sp³-hybridized carbons (Fsp3) is 0.333. The Hall–Kier alpha value is -2.16. The summed E-state index contributed by atoms with van der Waals surface area (Å²) in [7, 11) is -3.81. The first-order valence-corrected chi connectivity index (χ1v) is 7.43. The van der Waals surface area contributed by atoms with Gasteiger partial charge in [-0.1, -0.05) is 0 Å². The number of halogens is 1. The first-order chi connectivity index (χ1) is 9.57. The van der Waals surface area contributed by atoms with Gasteiger partial charge >= 0.3 is 0 Å². The zero-order valence-corrected chi connectivity index (χ0v) is 12.2. The summed E-state index contributed by atoms with van der Waals surface area (Å²) >= 11 is 0. The molecular formula is C12H14FN3O4S. The highest BCUT2D eigenvalue weighted by atomic mass is 32.2. The van der Waals surface area contributed by atoms with E-state index >= 15 is 0 Å². The van der Waals surface area contributed by atoms with Crippen LogP contribution in [0.5, 0.6) is 0 Å². The molecule has 1 aromatic rings. The van der Waals surface area contributed by atoms with Crippen LogP contribution in [0.1, 0.15) is 13.8 Å². The van der Waals surface area contributed by atoms with E-state index in [-0.39, 0.29) is 11.4 Å². The van der Waals surface area contributed by atoms with Crippen molar-refractivity contribution < 1.29 is 22.4 Å². The molecule has 1 fully saturated rings. The summed E-state index contributed by atoms with van der Waals surface area (Å²) in [4.78, 5) is 23.4. The van der Waals surface area contributed by atoms with E-state index in [9.17, 15) is 22.4 Å². The number of nitrogen functional groups attached to an aromatic ring is 1. The molecule has 1 aromatic carbocycles. The molecule has 0 aromatic heterocycles. The van der Waals surface area contributed by atoms with E-state index in [0.717, 1.165) is 6.07 Å². The molecule has 2 rings (SSSR count). The second kappa shape index (κ2) is 4.69. The van der Waals surface area contributed by atoms with Crippen molar-refractivity contribution in [1.82, 2.24) is 4.31 Å². The summed E-state index contributed by atoms with van der Waals surface area (Å²) < 4.78 is 35.6. The van der Waals surface area contributed by atoms with Crippen LogP contribution in [0, 0.1) is 5.82 Å². The molecule has 1 heterocycles. The van der Waals surface area contributed by atoms with Crippen LogP contribution in [0.3, 0.4) is 0 Å². The first kappa shape index (κ1) is 15.2. The molecule has 0 bridgehead atoms. The Morgan fingerprint density at radius 3 is 2.57 bits per heavy atom. The van der Waals surface area contributed by atoms with E-state index < -0.39 is 38.9 Å². The quantitative estimate of drug-likeness (QED) is 0.780. The molecule has 1 aliphatic heterocycles. The van der Waals surface area contributed by atoms with Crippen LogP contribution >= 0.6 is 0 Å². The second-order valence-corrected chi connectivity index (χ2v) is 7.52. The summed E-state index contributed by atoms with van der Waals surface area (Å²) in [6.07, 6.45) is 0. The van der Waals surface area contributed by atoms with Crippen LogP contribution < -0.4 is 11.1 Å². The number of nitrogens with two attached hydrogens (primary N) is 1. The van der Waals surface area contributed by atoms with Crippen molar-refractivity contribution in [3.05, 3.63) is 24.0 Å². The minimum Gasteiger partial charge on any atom is -0.396 e. The number of sulfonamides is 1. The molecule has 0 unspecified atom stereocenters. The van der Waals surface area contributed by atoms with Gasteiger partial charge in [0.15, 0.2) is 4.75 Å². The Kier molecular flexibility index (Phi) is 3.40. The van der Waals surface area contributed by atoms with Gasteiger partial charge < -0.3 is 11.1 Å². The van der Waals surface area contributed by atoms with Gasteiger partial charge in [-0.3, -0.25) is 9.59 Å². The van der Waals surface area contributed by atoms with Gasteiger partial charge in [0.05, 0.1) is 5.69 Å². The van der Waals surface area contributed by atoms with Crippen molar-refractivity contribution in [3.8, 4) is 0 Å². The highest BCUT2D eigenvalue weighted by Crippen LogP contribution is 2.34. The second-order valence-electron chi connectivity index (χ2n) is 5.11. The lowest BCUT2D eigenvalue weighted by Crippen LogP contribution is -2.68. The summed E-state index contributed by atoms with van der Waals surface area (Å²) in [6.45, 7) is 1.93. The van der Waals surface area contributed by atoms with E-state index in [2.05, 4.69) is 5.32 Å². The summed E-state index contributed by atoms with van der Waals surface area (Å²) in [6, 6.07) is 3.54. The van der Waals surface area contributed by atoms with Crippen LogP contribution in [-0.2, 0) is 19.6 Å². The molecule has 3 N–H and O–H groups in total. The van der Waals surface area contributed by atoms with Gasteiger partial charge in [0.2, 0.25) is 5.91 Å². The minimum absolute atomic E-state index is 0.151. The third-order valence-electron chi connectivity index (χ3n) is 3.24. The fourth-order valence-corrected chi connectivity index (χ4v) is 3.35. The van der Waals surface area contributed by atoms with Crippen molar-refractivity contribution in [2.24, 2.45) is 0 Å². The Labute approximate surface area is 121 Å². The number of anilines is 2. The highest BCUT2D eigenvalue weighted by molar-refractivity contribution is 7.94. The number of nitrogens with zero attached hydrogens (tertiary/aromatic N) is 1. The summed E-state index contributed by atoms with van der Waals surface area (Å²) in [5.41, 5.74) is 5.41. The molecule has 0 atom stereocenters. The lowest BCUT2D eigenvalue weighted by molar-refractivity contribution is -0.134. The van der Waals surface area contributed by atoms with Gasteiger partial charge in [-0.05, 0) is 32.0 Å². The summed E-state index contributed by atoms with van der Waals surface area (Å²) in [5.74, 6) is -1.99. The molecule has 21 heavy (non-hydrogen) atoms. The van der Waals surface area contributed by atoms with Crippen LogP contribution in [-0.4, -0.2) is 35.8 Å². The van der Waals surface area contributed by atoms with Gasteiger partial charge in [-0.2, -0.15) is 0 Å². The Morgan fingerprint density at radius 2 is 2.05 bits per heavy atom. The molecule has 1 saturated heterocycles. The van der Waals surface area contributed by atoms with Crippen LogP contribution in [0.15, 0.2) is 18.2 Å². The Balaban J connectivity index is 2.07. The number of carbonyl (C=O) groups excluding carboxylic acids is 2. The summed E-state index contributed by atoms with van der Waals surface area (Å²) in [5, 5.41) is 2.35. The highest BCUT2D eigenvalue weighted by Gasteiger charge is 2.60. The molecule has 7 nitrogen and oxygen atoms in total. The Morgan fingerprint density at radius 1 is 1.43 bits per heavy atom. The molecule has 0 spiro atoms. The van der Waals surface area contributed by atoms with Gasteiger partial charge in [-0.15, -0.1) is 0 Å². The average molecular weight is 315 g/mol. The maximum absolute atomic E-state index is 13.0. The number of rotatable bonds is 3. The topological polar surface area (TPSA) is 110 Å². The fourth-order valence-electron chi connectivity index (χ4n) is 1.87. The Bertz CT molecular complexity index is 730. The number of nitrogens with one attached hydrogen (secondary N) is 1. The molecule has 2 amide bonds. The predicted octanol–water partition coefficient (Wildman–Crippen LogP) is 0.297. The molecular weight excluding hydrogens is 301 g/mol. The molecule has 0 saturated carbocycles. The largest absolute Gasteiger partial charge is 0.396 e. The van der Waals surface area contributed by atoms with Gasteiger partial charge in [-0.25, -0.2) is 17.1 Å². The smallest absolute Gasteiger partial charge is 0.259 e. The number of amides is 2. The normalized spacial score (nSPS) is 19.0. The maximum atomic E-state index is 13.0. The van der Waals surface area contributed by atoms with Crippen LogP contribution in [0.2, 0.25) is 0 Å². The molecule has 0 aliphatic carbocycles. The standard InChI is InChI=1S/C12H14FN3O4S/c1-12(2)11(18)16(21(12,19)20)6-10(17)15-7-3-4-8(13)9(14)5-7/h3-5H,6,14H2,1-2H3,(H,15,17). The predicted molar refractivity (Wildman–Crippen MR) is 74.2 cm³/mol. The van der Waals surface area contributed by atoms with E-state index in [0.29, 0.717) is 4.31 Å². The SMILES string of the molecule is CC1(C)C(=O)N(CC(=O)Nc2ccc(F)c(N)c2)S1(=O)=O.